The predicted molar refractivity (Wildman–Crippen MR) is 72.1 cm³/mol. The Bertz CT molecular complexity index is 365. The zero-order chi connectivity index (χ0) is 11.1. The molecule has 1 aromatic rings. The highest BCUT2D eigenvalue weighted by atomic mass is 127. The molecule has 1 aromatic carbocycles. The predicted octanol–water partition coefficient (Wildman–Crippen LogP) is 3.72. The Morgan fingerprint density at radius 2 is 2.13 bits per heavy atom. The summed E-state index contributed by atoms with van der Waals surface area (Å²) in [5, 5.41) is 0. The molecule has 0 aromatic heterocycles. The van der Waals surface area contributed by atoms with Gasteiger partial charge in [0.1, 0.15) is 11.9 Å². The highest BCUT2D eigenvalue weighted by Crippen LogP contribution is 2.33. The maximum atomic E-state index is 5.82. The molecule has 0 spiro atoms. The summed E-state index contributed by atoms with van der Waals surface area (Å²) in [5.74, 6) is 1.09. The summed E-state index contributed by atoms with van der Waals surface area (Å²) in [6.07, 6.45) is 1.46. The van der Waals surface area contributed by atoms with Gasteiger partial charge in [0.05, 0.1) is 0 Å². The van der Waals surface area contributed by atoms with Crippen LogP contribution in [-0.2, 0) is 11.8 Å². The minimum absolute atomic E-state index is 0.234. The minimum atomic E-state index is 0.234. The summed E-state index contributed by atoms with van der Waals surface area (Å²) >= 11 is 2.39. The van der Waals surface area contributed by atoms with Gasteiger partial charge < -0.3 is 4.74 Å². The molecule has 0 bridgehead atoms. The van der Waals surface area contributed by atoms with Crippen LogP contribution >= 0.6 is 22.6 Å². The molecule has 0 fully saturated rings. The molecule has 0 saturated heterocycles. The van der Waals surface area contributed by atoms with Gasteiger partial charge in [-0.1, -0.05) is 55.5 Å². The Hall–Kier alpha value is -0.250. The fourth-order valence-corrected chi connectivity index (χ4v) is 2.36. The Balaban J connectivity index is 2.30. The van der Waals surface area contributed by atoms with Crippen molar-refractivity contribution >= 4 is 22.6 Å². The van der Waals surface area contributed by atoms with Crippen LogP contribution in [0.15, 0.2) is 18.2 Å². The quantitative estimate of drug-likeness (QED) is 0.567. The van der Waals surface area contributed by atoms with E-state index in [1.54, 1.807) is 0 Å². The van der Waals surface area contributed by atoms with E-state index in [9.17, 15) is 0 Å². The first kappa shape index (κ1) is 11.2. The van der Waals surface area contributed by atoms with Crippen LogP contribution in [0, 0.1) is 0 Å². The summed E-state index contributed by atoms with van der Waals surface area (Å²) in [5.41, 5.74) is 3.01. The van der Waals surface area contributed by atoms with Crippen LogP contribution in [0.2, 0.25) is 0 Å². The van der Waals surface area contributed by atoms with Gasteiger partial charge in [-0.05, 0) is 22.6 Å². The molecule has 1 nitrogen and oxygen atoms in total. The number of hydrogen-bond acceptors (Lipinski definition) is 1. The smallest absolute Gasteiger partial charge is 0.123 e. The molecular formula is C13H17IO. The first-order valence-corrected chi connectivity index (χ1v) is 6.89. The molecular weight excluding hydrogens is 299 g/mol. The van der Waals surface area contributed by atoms with Crippen molar-refractivity contribution in [3.63, 3.8) is 0 Å². The molecule has 1 atom stereocenters. The fraction of sp³-hybridized carbons (Fsp3) is 0.538. The Labute approximate surface area is 105 Å². The summed E-state index contributed by atoms with van der Waals surface area (Å²) in [6, 6.07) is 6.62. The lowest BCUT2D eigenvalue weighted by Gasteiger charge is -2.19. The van der Waals surface area contributed by atoms with E-state index < -0.39 is 0 Å². The number of benzene rings is 1. The first-order chi connectivity index (χ1) is 7.00. The number of fused-ring (bicyclic) bond motifs is 1. The van der Waals surface area contributed by atoms with Crippen LogP contribution in [0.3, 0.4) is 0 Å². The van der Waals surface area contributed by atoms with Crippen LogP contribution < -0.4 is 4.74 Å². The van der Waals surface area contributed by atoms with Crippen LogP contribution in [-0.4, -0.2) is 10.5 Å². The molecule has 1 aliphatic rings. The van der Waals surface area contributed by atoms with Crippen molar-refractivity contribution in [2.75, 3.05) is 4.43 Å². The lowest BCUT2D eigenvalue weighted by Crippen LogP contribution is -2.13. The molecule has 2 rings (SSSR count). The van der Waals surface area contributed by atoms with Crippen LogP contribution in [0.4, 0.5) is 0 Å². The second kappa shape index (κ2) is 3.96. The van der Waals surface area contributed by atoms with Crippen molar-refractivity contribution < 1.29 is 4.74 Å². The van der Waals surface area contributed by atoms with Crippen LogP contribution in [0.1, 0.15) is 31.9 Å². The molecule has 0 aliphatic carbocycles. The molecule has 0 saturated carbocycles. The van der Waals surface area contributed by atoms with E-state index in [-0.39, 0.29) is 5.41 Å². The summed E-state index contributed by atoms with van der Waals surface area (Å²) in [6.45, 7) is 6.75. The number of rotatable bonds is 1. The number of hydrogen-bond donors (Lipinski definition) is 0. The summed E-state index contributed by atoms with van der Waals surface area (Å²) in [4.78, 5) is 0. The molecule has 1 heterocycles. The van der Waals surface area contributed by atoms with E-state index >= 15 is 0 Å². The number of alkyl halides is 1. The average Bonchev–Trinajstić information content (AvgIpc) is 2.57. The van der Waals surface area contributed by atoms with Gasteiger partial charge in [-0.15, -0.1) is 0 Å². The molecule has 82 valence electrons. The lowest BCUT2D eigenvalue weighted by molar-refractivity contribution is 0.262. The van der Waals surface area contributed by atoms with Gasteiger partial charge in [-0.3, -0.25) is 0 Å². The van der Waals surface area contributed by atoms with E-state index in [2.05, 4.69) is 61.6 Å². The van der Waals surface area contributed by atoms with Gasteiger partial charge in [0, 0.05) is 10.8 Å². The third kappa shape index (κ3) is 2.30. The van der Waals surface area contributed by atoms with Gasteiger partial charge in [0.25, 0.3) is 0 Å². The van der Waals surface area contributed by atoms with Crippen LogP contribution in [0.25, 0.3) is 0 Å². The maximum Gasteiger partial charge on any atom is 0.123 e. The third-order valence-corrected chi connectivity index (χ3v) is 3.82. The van der Waals surface area contributed by atoms with Crippen molar-refractivity contribution in [1.82, 2.24) is 0 Å². The summed E-state index contributed by atoms with van der Waals surface area (Å²) in [7, 11) is 0. The fourth-order valence-electron chi connectivity index (χ4n) is 1.87. The van der Waals surface area contributed by atoms with E-state index in [0.29, 0.717) is 6.10 Å². The van der Waals surface area contributed by atoms with Crippen molar-refractivity contribution in [3.8, 4) is 5.75 Å². The Morgan fingerprint density at radius 3 is 2.73 bits per heavy atom. The highest BCUT2D eigenvalue weighted by Gasteiger charge is 2.24. The second-order valence-corrected chi connectivity index (χ2v) is 6.05. The molecule has 0 radical (unpaired) electrons. The van der Waals surface area contributed by atoms with E-state index in [4.69, 9.17) is 4.74 Å². The molecule has 15 heavy (non-hydrogen) atoms. The Morgan fingerprint density at radius 1 is 1.40 bits per heavy atom. The van der Waals surface area contributed by atoms with Gasteiger partial charge >= 0.3 is 0 Å². The average molecular weight is 316 g/mol. The van der Waals surface area contributed by atoms with Crippen molar-refractivity contribution in [2.24, 2.45) is 0 Å². The number of ether oxygens (including phenoxy) is 1. The van der Waals surface area contributed by atoms with Crippen molar-refractivity contribution in [1.29, 1.82) is 0 Å². The zero-order valence-corrected chi connectivity index (χ0v) is 11.7. The summed E-state index contributed by atoms with van der Waals surface area (Å²) < 4.78 is 6.88. The molecule has 0 amide bonds. The van der Waals surface area contributed by atoms with Crippen LogP contribution in [0.5, 0.6) is 5.75 Å². The van der Waals surface area contributed by atoms with E-state index in [1.165, 1.54) is 11.1 Å². The van der Waals surface area contributed by atoms with Gasteiger partial charge in [0.2, 0.25) is 0 Å². The first-order valence-electron chi connectivity index (χ1n) is 5.37. The van der Waals surface area contributed by atoms with Gasteiger partial charge in [-0.2, -0.15) is 0 Å². The van der Waals surface area contributed by atoms with Gasteiger partial charge in [0.15, 0.2) is 0 Å². The largest absolute Gasteiger partial charge is 0.489 e. The maximum absolute atomic E-state index is 5.82. The SMILES string of the molecule is CC(C)(C)c1ccc2c(c1)C[C@@H](CI)O2. The second-order valence-electron chi connectivity index (χ2n) is 5.17. The molecule has 2 heteroatoms. The standard InChI is InChI=1S/C13H17IO/c1-13(2,3)10-4-5-12-9(6-10)7-11(8-14)15-12/h4-6,11H,7-8H2,1-3H3/t11-/m0/s1. The molecule has 0 N–H and O–H groups in total. The normalized spacial score (nSPS) is 19.9. The zero-order valence-electron chi connectivity index (χ0n) is 9.51. The number of halogens is 1. The minimum Gasteiger partial charge on any atom is -0.489 e. The molecule has 1 aliphatic heterocycles. The highest BCUT2D eigenvalue weighted by molar-refractivity contribution is 14.1. The monoisotopic (exact) mass is 316 g/mol. The van der Waals surface area contributed by atoms with Crippen molar-refractivity contribution in [3.05, 3.63) is 29.3 Å². The topological polar surface area (TPSA) is 9.23 Å². The Kier molecular flexibility index (Phi) is 2.97. The molecule has 0 unspecified atom stereocenters. The van der Waals surface area contributed by atoms with Gasteiger partial charge in [-0.25, -0.2) is 0 Å². The van der Waals surface area contributed by atoms with E-state index in [1.807, 2.05) is 0 Å². The lowest BCUT2D eigenvalue weighted by atomic mass is 9.86. The van der Waals surface area contributed by atoms with E-state index in [0.717, 1.165) is 16.6 Å². The van der Waals surface area contributed by atoms with Crippen molar-refractivity contribution in [2.45, 2.75) is 38.7 Å². The third-order valence-electron chi connectivity index (χ3n) is 2.84.